The zero-order valence-electron chi connectivity index (χ0n) is 50.0. The van der Waals surface area contributed by atoms with Gasteiger partial charge in [0.1, 0.15) is 12.4 Å². The summed E-state index contributed by atoms with van der Waals surface area (Å²) in [5, 5.41) is 17.3. The first kappa shape index (κ1) is 70.9. The van der Waals surface area contributed by atoms with Gasteiger partial charge in [-0.15, -0.1) is 0 Å². The van der Waals surface area contributed by atoms with Crippen LogP contribution in [0.5, 0.6) is 0 Å². The van der Waals surface area contributed by atoms with E-state index in [1.807, 2.05) is 80.6 Å². The first-order chi connectivity index (χ1) is 40.5. The Bertz CT molecular complexity index is 2470. The molecule has 0 heterocycles. The molecule has 0 saturated heterocycles. The van der Waals surface area contributed by atoms with Gasteiger partial charge in [0.2, 0.25) is 35.4 Å². The third kappa shape index (κ3) is 31.3. The topological polar surface area (TPSA) is 294 Å². The summed E-state index contributed by atoms with van der Waals surface area (Å²) >= 11 is 0. The maximum atomic E-state index is 14.1. The summed E-state index contributed by atoms with van der Waals surface area (Å²) in [4.78, 5) is 133. The first-order valence-corrected chi connectivity index (χ1v) is 29.8. The van der Waals surface area contributed by atoms with E-state index in [4.69, 9.17) is 15.2 Å². The van der Waals surface area contributed by atoms with Crippen molar-refractivity contribution in [1.82, 2.24) is 41.7 Å². The van der Waals surface area contributed by atoms with Crippen molar-refractivity contribution in [3.63, 3.8) is 0 Å². The fourth-order valence-electron chi connectivity index (χ4n) is 9.10. The first-order valence-electron chi connectivity index (χ1n) is 29.8. The Morgan fingerprint density at radius 2 is 1.02 bits per heavy atom. The molecular formula is C63H93N9O12. The third-order valence-electron chi connectivity index (χ3n) is 13.9. The average Bonchev–Trinajstić information content (AvgIpc) is 3.57. The van der Waals surface area contributed by atoms with Gasteiger partial charge in [-0.2, -0.15) is 0 Å². The molecule has 3 aromatic carbocycles. The van der Waals surface area contributed by atoms with Crippen molar-refractivity contribution in [3.8, 4) is 0 Å². The summed E-state index contributed by atoms with van der Waals surface area (Å²) in [6.07, 6.45) is 4.14. The summed E-state index contributed by atoms with van der Waals surface area (Å²) < 4.78 is 11.0. The lowest BCUT2D eigenvalue weighted by Gasteiger charge is -2.28. The second-order valence-corrected chi connectivity index (χ2v) is 21.0. The molecule has 21 heteroatoms. The highest BCUT2D eigenvalue weighted by Crippen LogP contribution is 2.18. The van der Waals surface area contributed by atoms with Crippen LogP contribution in [0.3, 0.4) is 0 Å². The molecule has 0 unspecified atom stereocenters. The number of ether oxygens (including phenoxy) is 2. The molecule has 462 valence electrons. The quantitative estimate of drug-likeness (QED) is 0.0306. The summed E-state index contributed by atoms with van der Waals surface area (Å²) in [5.41, 5.74) is 8.84. The summed E-state index contributed by atoms with van der Waals surface area (Å²) in [7, 11) is 0. The normalized spacial score (nSPS) is 11.7. The SMILES string of the molecule is CCCC(=O)NCCN(CCNC(=O)CCN)CCN(CCNC(=O)CCC)CCC(=O)NCCCC(=O)CCC(=O)NCCCC[C@@H](NC(=O)[C@H](CC(=O)OCc1ccccc1)Cc1ccccc1)C(=O)COC(=O)c1c(C)cccc1C. The molecule has 3 rings (SSSR count). The fourth-order valence-corrected chi connectivity index (χ4v) is 9.10. The van der Waals surface area contributed by atoms with Crippen LogP contribution in [0.2, 0.25) is 0 Å². The van der Waals surface area contributed by atoms with E-state index in [0.29, 0.717) is 108 Å². The Morgan fingerprint density at radius 3 is 1.60 bits per heavy atom. The van der Waals surface area contributed by atoms with Gasteiger partial charge in [-0.25, -0.2) is 4.79 Å². The number of nitrogens with one attached hydrogen (secondary N) is 6. The van der Waals surface area contributed by atoms with Crippen LogP contribution in [0, 0.1) is 19.8 Å². The molecule has 0 aliphatic heterocycles. The number of esters is 2. The molecule has 0 radical (unpaired) electrons. The van der Waals surface area contributed by atoms with Crippen molar-refractivity contribution in [2.24, 2.45) is 11.7 Å². The van der Waals surface area contributed by atoms with Crippen molar-refractivity contribution in [2.45, 2.75) is 137 Å². The van der Waals surface area contributed by atoms with E-state index in [2.05, 4.69) is 41.7 Å². The second-order valence-electron chi connectivity index (χ2n) is 21.0. The Morgan fingerprint density at radius 1 is 0.512 bits per heavy atom. The van der Waals surface area contributed by atoms with Gasteiger partial charge >= 0.3 is 11.9 Å². The molecule has 0 fully saturated rings. The van der Waals surface area contributed by atoms with Crippen LogP contribution >= 0.6 is 0 Å². The Hall–Kier alpha value is -7.36. The molecule has 0 saturated carbocycles. The minimum atomic E-state index is -1.09. The minimum Gasteiger partial charge on any atom is -0.461 e. The van der Waals surface area contributed by atoms with Crippen LogP contribution in [0.25, 0.3) is 0 Å². The molecular weight excluding hydrogens is 1070 g/mol. The molecule has 21 nitrogen and oxygen atoms in total. The van der Waals surface area contributed by atoms with Gasteiger partial charge in [0.25, 0.3) is 0 Å². The molecule has 0 aliphatic carbocycles. The molecule has 2 atom stereocenters. The van der Waals surface area contributed by atoms with Crippen LogP contribution in [-0.4, -0.2) is 160 Å². The fraction of sp³-hybridized carbons (Fsp3) is 0.556. The lowest BCUT2D eigenvalue weighted by Crippen LogP contribution is -2.46. The Labute approximate surface area is 496 Å². The largest absolute Gasteiger partial charge is 0.461 e. The Kier molecular flexibility index (Phi) is 35.8. The van der Waals surface area contributed by atoms with Crippen LogP contribution in [0.1, 0.15) is 136 Å². The van der Waals surface area contributed by atoms with Crippen LogP contribution in [0.4, 0.5) is 0 Å². The molecule has 0 aromatic heterocycles. The molecule has 0 bridgehead atoms. The Balaban J connectivity index is 1.49. The lowest BCUT2D eigenvalue weighted by atomic mass is 9.94. The molecule has 84 heavy (non-hydrogen) atoms. The number of nitrogens with two attached hydrogens (primary N) is 1. The van der Waals surface area contributed by atoms with Gasteiger partial charge in [-0.3, -0.25) is 53.0 Å². The monoisotopic (exact) mass is 1170 g/mol. The van der Waals surface area contributed by atoms with Crippen molar-refractivity contribution < 1.29 is 57.4 Å². The van der Waals surface area contributed by atoms with Crippen molar-refractivity contribution >= 4 is 58.9 Å². The molecule has 0 aliphatic rings. The zero-order valence-corrected chi connectivity index (χ0v) is 50.0. The molecule has 6 amide bonds. The van der Waals surface area contributed by atoms with E-state index >= 15 is 0 Å². The number of ketones is 2. The van der Waals surface area contributed by atoms with Gasteiger partial charge in [0.15, 0.2) is 12.4 Å². The number of Topliss-reactive ketones (excluding diaryl/α,β-unsaturated/α-hetero) is 2. The van der Waals surface area contributed by atoms with Crippen LogP contribution < -0.4 is 37.6 Å². The summed E-state index contributed by atoms with van der Waals surface area (Å²) in [6.45, 7) is 12.0. The van der Waals surface area contributed by atoms with Crippen molar-refractivity contribution in [2.75, 3.05) is 85.1 Å². The molecule has 0 spiro atoms. The highest BCUT2D eigenvalue weighted by molar-refractivity contribution is 5.96. The molecule has 3 aromatic rings. The van der Waals surface area contributed by atoms with E-state index in [-0.39, 0.29) is 113 Å². The van der Waals surface area contributed by atoms with Crippen LogP contribution in [-0.2, 0) is 65.7 Å². The lowest BCUT2D eigenvalue weighted by molar-refractivity contribution is -0.148. The number of carbonyl (C=O) groups is 10. The molecule has 8 N–H and O–H groups in total. The zero-order chi connectivity index (χ0) is 61.3. The van der Waals surface area contributed by atoms with Crippen molar-refractivity contribution in [1.29, 1.82) is 0 Å². The van der Waals surface area contributed by atoms with Crippen molar-refractivity contribution in [3.05, 3.63) is 107 Å². The van der Waals surface area contributed by atoms with Gasteiger partial charge in [-0.1, -0.05) is 92.7 Å². The minimum absolute atomic E-state index is 0.0129. The number of nitrogens with zero attached hydrogens (tertiary/aromatic N) is 2. The summed E-state index contributed by atoms with van der Waals surface area (Å²) in [5.74, 6) is -4.09. The van der Waals surface area contributed by atoms with E-state index < -0.39 is 42.2 Å². The number of hydrogen-bond donors (Lipinski definition) is 7. The van der Waals surface area contributed by atoms with Crippen LogP contribution in [0.15, 0.2) is 78.9 Å². The smallest absolute Gasteiger partial charge is 0.339 e. The van der Waals surface area contributed by atoms with Gasteiger partial charge in [0, 0.05) is 123 Å². The number of benzene rings is 3. The number of rotatable bonds is 45. The standard InChI is InChI=1S/C63H93N9O12/c1-5-17-55(75)67-34-38-71(41-42-72(39-35-68-56(76)18-6-2)40-36-69-58(78)29-31-64)37-30-59(79)66-33-16-25-52(73)27-28-57(77)65-32-14-13-26-53(54(74)46-84-63(82)61-47(3)19-15-20-48(61)4)70-62(81)51(43-49-21-9-7-10-22-49)44-60(80)83-45-50-23-11-8-12-24-50/h7-12,15,19-24,51,53H,5-6,13-14,16-18,25-46,64H2,1-4H3,(H,65,77)(H,66,79)(H,67,75)(H,68,76)(H,69,78)(H,70,81)/t51-,53+/m0/s1. The maximum absolute atomic E-state index is 14.1. The van der Waals surface area contributed by atoms with Gasteiger partial charge < -0.3 is 47.1 Å². The average molecular weight is 1170 g/mol. The van der Waals surface area contributed by atoms with E-state index in [0.717, 1.165) is 24.0 Å². The number of aryl methyl sites for hydroxylation is 2. The highest BCUT2D eigenvalue weighted by atomic mass is 16.5. The third-order valence-corrected chi connectivity index (χ3v) is 13.9. The van der Waals surface area contributed by atoms with Gasteiger partial charge in [-0.05, 0) is 81.0 Å². The number of carbonyl (C=O) groups excluding carboxylic acids is 10. The number of hydrogen-bond acceptors (Lipinski definition) is 15. The number of unbranched alkanes of at least 4 members (excludes halogenated alkanes) is 1. The summed E-state index contributed by atoms with van der Waals surface area (Å²) in [6, 6.07) is 22.6. The second kappa shape index (κ2) is 42.4. The van der Waals surface area contributed by atoms with E-state index in [9.17, 15) is 47.9 Å². The number of amides is 6. The predicted octanol–water partition coefficient (Wildman–Crippen LogP) is 4.33. The van der Waals surface area contributed by atoms with E-state index in [1.165, 1.54) is 0 Å². The predicted molar refractivity (Wildman–Crippen MR) is 321 cm³/mol. The highest BCUT2D eigenvalue weighted by Gasteiger charge is 2.29. The van der Waals surface area contributed by atoms with Gasteiger partial charge in [0.05, 0.1) is 23.9 Å². The maximum Gasteiger partial charge on any atom is 0.339 e. The van der Waals surface area contributed by atoms with E-state index in [1.54, 1.807) is 26.0 Å².